The topological polar surface area (TPSA) is 52.5 Å². The van der Waals surface area contributed by atoms with E-state index in [1.807, 2.05) is 26.8 Å². The van der Waals surface area contributed by atoms with Crippen LogP contribution in [0.2, 0.25) is 0 Å². The van der Waals surface area contributed by atoms with E-state index in [1.54, 1.807) is 0 Å². The highest BCUT2D eigenvalue weighted by Crippen LogP contribution is 2.27. The second-order valence-electron chi connectivity index (χ2n) is 3.30. The van der Waals surface area contributed by atoms with Crippen LogP contribution in [0, 0.1) is 20.8 Å². The van der Waals surface area contributed by atoms with Crippen molar-refractivity contribution in [1.82, 2.24) is 5.48 Å². The Hall–Kier alpha value is -1.06. The van der Waals surface area contributed by atoms with Gasteiger partial charge in [0.05, 0.1) is 0 Å². The molecule has 0 spiro atoms. The van der Waals surface area contributed by atoms with E-state index in [-0.39, 0.29) is 12.3 Å². The van der Waals surface area contributed by atoms with Crippen LogP contribution in [0.3, 0.4) is 0 Å². The maximum atomic E-state index is 9.74. The van der Waals surface area contributed by atoms with Crippen LogP contribution in [0.25, 0.3) is 0 Å². The molecule has 1 aromatic rings. The van der Waals surface area contributed by atoms with Crippen LogP contribution in [-0.2, 0) is 6.54 Å². The number of phenolic OH excluding ortho intramolecular Hbond substituents is 1. The first-order chi connectivity index (χ1) is 6.07. The SMILES string of the molecule is Cc1cc(C)c(CNO)c(O)c1C. The number of aromatic hydroxyl groups is 1. The standard InChI is InChI=1S/C10H15NO2/c1-6-4-7(2)9(5-11-13)10(12)8(6)3/h4,11-13H,5H2,1-3H3. The van der Waals surface area contributed by atoms with Gasteiger partial charge in [-0.3, -0.25) is 0 Å². The van der Waals surface area contributed by atoms with E-state index < -0.39 is 0 Å². The lowest BCUT2D eigenvalue weighted by atomic mass is 9.99. The van der Waals surface area contributed by atoms with E-state index in [9.17, 15) is 5.11 Å². The highest BCUT2D eigenvalue weighted by Gasteiger charge is 2.09. The first-order valence-corrected chi connectivity index (χ1v) is 4.23. The van der Waals surface area contributed by atoms with E-state index >= 15 is 0 Å². The molecule has 0 heterocycles. The largest absolute Gasteiger partial charge is 0.507 e. The molecule has 0 saturated carbocycles. The molecule has 1 rings (SSSR count). The molecule has 0 radical (unpaired) electrons. The second-order valence-corrected chi connectivity index (χ2v) is 3.30. The molecular formula is C10H15NO2. The van der Waals surface area contributed by atoms with Gasteiger partial charge in [0, 0.05) is 12.1 Å². The number of hydrogen-bond donors (Lipinski definition) is 3. The number of rotatable bonds is 2. The molecule has 3 N–H and O–H groups in total. The molecule has 3 nitrogen and oxygen atoms in total. The molecule has 0 bridgehead atoms. The molecular weight excluding hydrogens is 166 g/mol. The van der Waals surface area contributed by atoms with Crippen molar-refractivity contribution >= 4 is 0 Å². The molecule has 0 aliphatic carbocycles. The fourth-order valence-corrected chi connectivity index (χ4v) is 1.42. The summed E-state index contributed by atoms with van der Waals surface area (Å²) in [5, 5.41) is 18.3. The van der Waals surface area contributed by atoms with E-state index in [0.717, 1.165) is 22.3 Å². The normalized spacial score (nSPS) is 10.5. The third-order valence-electron chi connectivity index (χ3n) is 2.40. The van der Waals surface area contributed by atoms with Gasteiger partial charge in [-0.2, -0.15) is 0 Å². The Balaban J connectivity index is 3.26. The van der Waals surface area contributed by atoms with Gasteiger partial charge in [-0.15, -0.1) is 0 Å². The van der Waals surface area contributed by atoms with E-state index in [0.29, 0.717) is 0 Å². The maximum absolute atomic E-state index is 9.74. The third kappa shape index (κ3) is 1.82. The lowest BCUT2D eigenvalue weighted by Crippen LogP contribution is -2.08. The molecule has 72 valence electrons. The van der Waals surface area contributed by atoms with Crippen LogP contribution < -0.4 is 5.48 Å². The summed E-state index contributed by atoms with van der Waals surface area (Å²) in [6.07, 6.45) is 0. The smallest absolute Gasteiger partial charge is 0.123 e. The highest BCUT2D eigenvalue weighted by atomic mass is 16.5. The predicted octanol–water partition coefficient (Wildman–Crippen LogP) is 1.80. The van der Waals surface area contributed by atoms with Crippen molar-refractivity contribution in [2.45, 2.75) is 27.3 Å². The molecule has 0 amide bonds. The quantitative estimate of drug-likeness (QED) is 0.610. The van der Waals surface area contributed by atoms with Gasteiger partial charge in [0.25, 0.3) is 0 Å². The first kappa shape index (κ1) is 10.0. The van der Waals surface area contributed by atoms with E-state index in [1.165, 1.54) is 0 Å². The van der Waals surface area contributed by atoms with Crippen molar-refractivity contribution in [2.24, 2.45) is 0 Å². The van der Waals surface area contributed by atoms with Crippen LogP contribution in [0.4, 0.5) is 0 Å². The Labute approximate surface area is 78.0 Å². The van der Waals surface area contributed by atoms with Crippen molar-refractivity contribution in [3.63, 3.8) is 0 Å². The fraction of sp³-hybridized carbons (Fsp3) is 0.400. The Morgan fingerprint density at radius 2 is 1.85 bits per heavy atom. The van der Waals surface area contributed by atoms with Crippen LogP contribution >= 0.6 is 0 Å². The molecule has 0 aliphatic rings. The zero-order chi connectivity index (χ0) is 10.0. The number of hydroxylamine groups is 1. The van der Waals surface area contributed by atoms with Gasteiger partial charge >= 0.3 is 0 Å². The van der Waals surface area contributed by atoms with Gasteiger partial charge in [0.1, 0.15) is 5.75 Å². The van der Waals surface area contributed by atoms with Crippen molar-refractivity contribution in [3.05, 3.63) is 28.3 Å². The van der Waals surface area contributed by atoms with E-state index in [4.69, 9.17) is 5.21 Å². The van der Waals surface area contributed by atoms with Crippen molar-refractivity contribution in [1.29, 1.82) is 0 Å². The van der Waals surface area contributed by atoms with Crippen LogP contribution in [0.5, 0.6) is 5.75 Å². The van der Waals surface area contributed by atoms with Gasteiger partial charge in [0.15, 0.2) is 0 Å². The minimum Gasteiger partial charge on any atom is -0.507 e. The first-order valence-electron chi connectivity index (χ1n) is 4.23. The number of aryl methyl sites for hydroxylation is 2. The monoisotopic (exact) mass is 181 g/mol. The molecule has 0 unspecified atom stereocenters. The average Bonchev–Trinajstić information content (AvgIpc) is 2.09. The summed E-state index contributed by atoms with van der Waals surface area (Å²) in [7, 11) is 0. The number of benzene rings is 1. The summed E-state index contributed by atoms with van der Waals surface area (Å²) in [5.74, 6) is 0.277. The molecule has 13 heavy (non-hydrogen) atoms. The highest BCUT2D eigenvalue weighted by molar-refractivity contribution is 5.48. The number of phenols is 1. The minimum absolute atomic E-state index is 0.277. The summed E-state index contributed by atoms with van der Waals surface area (Å²) < 4.78 is 0. The Morgan fingerprint density at radius 1 is 1.23 bits per heavy atom. The molecule has 0 atom stereocenters. The van der Waals surface area contributed by atoms with Gasteiger partial charge < -0.3 is 10.3 Å². The molecule has 0 aromatic heterocycles. The number of hydrogen-bond acceptors (Lipinski definition) is 3. The summed E-state index contributed by atoms with van der Waals surface area (Å²) in [5.41, 5.74) is 5.73. The Morgan fingerprint density at radius 3 is 2.38 bits per heavy atom. The molecule has 1 aromatic carbocycles. The van der Waals surface area contributed by atoms with Crippen molar-refractivity contribution in [3.8, 4) is 5.75 Å². The van der Waals surface area contributed by atoms with Gasteiger partial charge in [-0.1, -0.05) is 6.07 Å². The second kappa shape index (κ2) is 3.77. The third-order valence-corrected chi connectivity index (χ3v) is 2.40. The summed E-state index contributed by atoms with van der Waals surface area (Å²) in [4.78, 5) is 0. The van der Waals surface area contributed by atoms with Crippen molar-refractivity contribution in [2.75, 3.05) is 0 Å². The molecule has 3 heteroatoms. The zero-order valence-corrected chi connectivity index (χ0v) is 8.18. The predicted molar refractivity (Wildman–Crippen MR) is 50.9 cm³/mol. The number of nitrogens with one attached hydrogen (secondary N) is 1. The minimum atomic E-state index is 0.277. The molecule has 0 aliphatic heterocycles. The Bertz CT molecular complexity index is 321. The summed E-state index contributed by atoms with van der Waals surface area (Å²) in [6.45, 7) is 6.01. The summed E-state index contributed by atoms with van der Waals surface area (Å²) >= 11 is 0. The van der Waals surface area contributed by atoms with Crippen molar-refractivity contribution < 1.29 is 10.3 Å². The fourth-order valence-electron chi connectivity index (χ4n) is 1.42. The van der Waals surface area contributed by atoms with E-state index in [2.05, 4.69) is 5.48 Å². The molecule has 0 saturated heterocycles. The van der Waals surface area contributed by atoms with Crippen LogP contribution in [0.1, 0.15) is 22.3 Å². The van der Waals surface area contributed by atoms with Gasteiger partial charge in [-0.25, -0.2) is 5.48 Å². The van der Waals surface area contributed by atoms with Crippen LogP contribution in [-0.4, -0.2) is 10.3 Å². The van der Waals surface area contributed by atoms with Crippen LogP contribution in [0.15, 0.2) is 6.07 Å². The Kier molecular flexibility index (Phi) is 2.90. The van der Waals surface area contributed by atoms with Gasteiger partial charge in [0.2, 0.25) is 0 Å². The lowest BCUT2D eigenvalue weighted by Gasteiger charge is -2.12. The molecule has 0 fully saturated rings. The maximum Gasteiger partial charge on any atom is 0.123 e. The zero-order valence-electron chi connectivity index (χ0n) is 8.18. The van der Waals surface area contributed by atoms with Gasteiger partial charge in [-0.05, 0) is 37.5 Å². The lowest BCUT2D eigenvalue weighted by molar-refractivity contribution is 0.160. The average molecular weight is 181 g/mol. The summed E-state index contributed by atoms with van der Waals surface area (Å²) in [6, 6.07) is 2.00.